The topological polar surface area (TPSA) is 18.5 Å². The molecule has 1 aliphatic carbocycles. The molecular formula is C11H11Cl2O2Zr. The van der Waals surface area contributed by atoms with Crippen molar-refractivity contribution in [1.29, 1.82) is 0 Å². The molecule has 0 fully saturated rings. The number of allylic oxidation sites excluding steroid dienone is 1. The van der Waals surface area contributed by atoms with E-state index in [4.69, 9.17) is 9.47 Å². The molecule has 0 amide bonds. The van der Waals surface area contributed by atoms with Gasteiger partial charge in [-0.1, -0.05) is 0 Å². The van der Waals surface area contributed by atoms with Gasteiger partial charge in [0, 0.05) is 0 Å². The molecule has 5 heteroatoms. The van der Waals surface area contributed by atoms with Crippen LogP contribution < -0.4 is 34.3 Å². The summed E-state index contributed by atoms with van der Waals surface area (Å²) in [6.45, 7) is 0. The number of rotatable bonds is 2. The summed E-state index contributed by atoms with van der Waals surface area (Å²) in [4.78, 5) is 0. The van der Waals surface area contributed by atoms with Crippen LogP contribution in [0, 0.1) is 0 Å². The van der Waals surface area contributed by atoms with Crippen molar-refractivity contribution in [1.82, 2.24) is 0 Å². The van der Waals surface area contributed by atoms with Gasteiger partial charge in [0.15, 0.2) is 0 Å². The second kappa shape index (κ2) is 6.68. The largest absolute Gasteiger partial charge is 1.00 e. The third kappa shape index (κ3) is 2.64. The van der Waals surface area contributed by atoms with Gasteiger partial charge in [0.2, 0.25) is 0 Å². The summed E-state index contributed by atoms with van der Waals surface area (Å²) in [5, 5.41) is 0. The average Bonchev–Trinajstić information content (AvgIpc) is 2.60. The molecule has 1 unspecified atom stereocenters. The Kier molecular flexibility index (Phi) is 6.69. The first kappa shape index (κ1) is 16.0. The van der Waals surface area contributed by atoms with Crippen LogP contribution in [0.5, 0.6) is 11.5 Å². The van der Waals surface area contributed by atoms with Crippen LogP contribution in [0.4, 0.5) is 0 Å². The zero-order chi connectivity index (χ0) is 10.1. The molecule has 0 saturated heterocycles. The SMILES string of the molecule is COc1ccc(OC)c2c1C=C[CH]2[Zr+2].[Cl-].[Cl-]. The maximum atomic E-state index is 5.35. The number of ether oxygens (including phenoxy) is 2. The van der Waals surface area contributed by atoms with Crippen LogP contribution in [0.3, 0.4) is 0 Å². The molecule has 1 aliphatic rings. The van der Waals surface area contributed by atoms with Gasteiger partial charge < -0.3 is 24.8 Å². The normalized spacial score (nSPS) is 15.9. The Morgan fingerprint density at radius 2 is 1.62 bits per heavy atom. The van der Waals surface area contributed by atoms with Crippen molar-refractivity contribution in [2.45, 2.75) is 3.63 Å². The van der Waals surface area contributed by atoms with E-state index in [1.165, 1.54) is 35.8 Å². The third-order valence-corrected chi connectivity index (χ3v) is 3.60. The number of methoxy groups -OCH3 is 2. The number of hydrogen-bond donors (Lipinski definition) is 0. The van der Waals surface area contributed by atoms with Crippen molar-refractivity contribution in [3.8, 4) is 11.5 Å². The van der Waals surface area contributed by atoms with Crippen molar-refractivity contribution in [3.05, 3.63) is 29.3 Å². The first-order chi connectivity index (χ1) is 6.77. The van der Waals surface area contributed by atoms with Gasteiger partial charge >= 0.3 is 98.9 Å². The van der Waals surface area contributed by atoms with E-state index < -0.39 is 0 Å². The zero-order valence-corrected chi connectivity index (χ0v) is 12.9. The summed E-state index contributed by atoms with van der Waals surface area (Å²) in [7, 11) is 3.41. The van der Waals surface area contributed by atoms with Gasteiger partial charge in [-0.2, -0.15) is 0 Å². The Morgan fingerprint density at radius 3 is 2.19 bits per heavy atom. The minimum Gasteiger partial charge on any atom is -1.00 e. The zero-order valence-electron chi connectivity index (χ0n) is 8.96. The van der Waals surface area contributed by atoms with Gasteiger partial charge in [-0.15, -0.1) is 0 Å². The summed E-state index contributed by atoms with van der Waals surface area (Å²) in [6.07, 6.45) is 4.32. The molecule has 85 valence electrons. The fourth-order valence-electron chi connectivity index (χ4n) is 1.73. The maximum Gasteiger partial charge on any atom is -1.00 e. The van der Waals surface area contributed by atoms with Crippen LogP contribution in [0.2, 0.25) is 0 Å². The van der Waals surface area contributed by atoms with E-state index in [1.54, 1.807) is 14.2 Å². The number of benzene rings is 1. The Hall–Kier alpha value is 0.0231. The van der Waals surface area contributed by atoms with Crippen molar-refractivity contribution in [2.75, 3.05) is 14.2 Å². The van der Waals surface area contributed by atoms with E-state index in [2.05, 4.69) is 12.2 Å². The minimum atomic E-state index is 0. The van der Waals surface area contributed by atoms with Gasteiger partial charge in [0.05, 0.1) is 0 Å². The number of hydrogen-bond acceptors (Lipinski definition) is 2. The van der Waals surface area contributed by atoms with Crippen LogP contribution in [0.15, 0.2) is 18.2 Å². The summed E-state index contributed by atoms with van der Waals surface area (Å²) < 4.78 is 11.2. The second-order valence-electron chi connectivity index (χ2n) is 3.13. The fraction of sp³-hybridized carbons (Fsp3) is 0.273. The van der Waals surface area contributed by atoms with E-state index >= 15 is 0 Å². The Balaban J connectivity index is 0.00000112. The maximum absolute atomic E-state index is 5.35. The van der Waals surface area contributed by atoms with Gasteiger partial charge in [-0.25, -0.2) is 0 Å². The summed E-state index contributed by atoms with van der Waals surface area (Å²) in [5.41, 5.74) is 2.44. The molecule has 1 atom stereocenters. The summed E-state index contributed by atoms with van der Waals surface area (Å²) in [5.74, 6) is 1.90. The van der Waals surface area contributed by atoms with E-state index in [9.17, 15) is 0 Å². The van der Waals surface area contributed by atoms with Gasteiger partial charge in [-0.05, 0) is 0 Å². The molecule has 0 aliphatic heterocycles. The minimum absolute atomic E-state index is 0. The predicted octanol–water partition coefficient (Wildman–Crippen LogP) is -3.67. The van der Waals surface area contributed by atoms with E-state index in [0.29, 0.717) is 3.63 Å². The van der Waals surface area contributed by atoms with Crippen LogP contribution in [-0.4, -0.2) is 14.2 Å². The monoisotopic (exact) mass is 335 g/mol. The summed E-state index contributed by atoms with van der Waals surface area (Å²) >= 11 is 1.48. The van der Waals surface area contributed by atoms with Crippen LogP contribution >= 0.6 is 0 Å². The van der Waals surface area contributed by atoms with Gasteiger partial charge in [0.1, 0.15) is 0 Å². The fourth-order valence-corrected chi connectivity index (χ4v) is 2.70. The molecule has 2 rings (SSSR count). The van der Waals surface area contributed by atoms with Crippen molar-refractivity contribution in [3.63, 3.8) is 0 Å². The molecule has 0 bridgehead atoms. The molecule has 0 heterocycles. The molecule has 2 nitrogen and oxygen atoms in total. The standard InChI is InChI=1S/C11H11O2.2ClH.Zr/c1-12-10-6-7-11(13-2)9-5-3-4-8(9)10;;;/h3-7H,1-2H3;2*1H;/q;;;+2/p-2. The van der Waals surface area contributed by atoms with E-state index in [-0.39, 0.29) is 24.8 Å². The quantitative estimate of drug-likeness (QED) is 0.554. The molecule has 0 radical (unpaired) electrons. The molecule has 0 spiro atoms. The first-order valence-electron chi connectivity index (χ1n) is 4.42. The molecule has 1 aromatic carbocycles. The first-order valence-corrected chi connectivity index (χ1v) is 5.84. The molecule has 0 aromatic heterocycles. The third-order valence-electron chi connectivity index (χ3n) is 2.41. The smallest absolute Gasteiger partial charge is 1.00 e. The Morgan fingerprint density at radius 1 is 1.06 bits per heavy atom. The molecule has 0 saturated carbocycles. The molecule has 16 heavy (non-hydrogen) atoms. The van der Waals surface area contributed by atoms with Gasteiger partial charge in [0.25, 0.3) is 0 Å². The van der Waals surface area contributed by atoms with E-state index in [1.807, 2.05) is 12.1 Å². The second-order valence-corrected chi connectivity index (χ2v) is 4.66. The number of halogens is 2. The molecule has 0 N–H and O–H groups in total. The van der Waals surface area contributed by atoms with E-state index in [0.717, 1.165) is 11.5 Å². The van der Waals surface area contributed by atoms with Crippen molar-refractivity contribution >= 4 is 6.08 Å². The number of fused-ring (bicyclic) bond motifs is 1. The predicted molar refractivity (Wildman–Crippen MR) is 51.3 cm³/mol. The van der Waals surface area contributed by atoms with Crippen LogP contribution in [-0.2, 0) is 24.7 Å². The van der Waals surface area contributed by atoms with Crippen LogP contribution in [0.25, 0.3) is 6.08 Å². The van der Waals surface area contributed by atoms with Crippen molar-refractivity contribution in [2.24, 2.45) is 0 Å². The average molecular weight is 337 g/mol. The Labute approximate surface area is 123 Å². The van der Waals surface area contributed by atoms with Crippen molar-refractivity contribution < 1.29 is 59.0 Å². The van der Waals surface area contributed by atoms with Crippen LogP contribution in [0.1, 0.15) is 14.8 Å². The van der Waals surface area contributed by atoms with Gasteiger partial charge in [-0.3, -0.25) is 0 Å². The summed E-state index contributed by atoms with van der Waals surface area (Å²) in [6, 6.07) is 3.93. The molecular weight excluding hydrogens is 326 g/mol. The molecule has 1 aromatic rings. The Bertz CT molecular complexity index is 394.